The molecule has 1 fully saturated rings. The van der Waals surface area contributed by atoms with E-state index in [0.29, 0.717) is 24.7 Å². The van der Waals surface area contributed by atoms with Gasteiger partial charge in [-0.3, -0.25) is 4.79 Å². The molecule has 1 aliphatic carbocycles. The van der Waals surface area contributed by atoms with Gasteiger partial charge >= 0.3 is 0 Å². The lowest BCUT2D eigenvalue weighted by atomic mass is 9.94. The van der Waals surface area contributed by atoms with E-state index in [1.807, 2.05) is 0 Å². The van der Waals surface area contributed by atoms with Crippen LogP contribution in [0.15, 0.2) is 11.6 Å². The molecule has 2 nitrogen and oxygen atoms in total. The van der Waals surface area contributed by atoms with Crippen molar-refractivity contribution in [3.63, 3.8) is 0 Å². The molecule has 0 aromatic heterocycles. The van der Waals surface area contributed by atoms with E-state index in [0.717, 1.165) is 25.9 Å². The second-order valence-corrected chi connectivity index (χ2v) is 5.00. The molecule has 2 aliphatic rings. The van der Waals surface area contributed by atoms with Crippen molar-refractivity contribution in [2.75, 3.05) is 6.61 Å². The monoisotopic (exact) mass is 222 g/mol. The average molecular weight is 222 g/mol. The van der Waals surface area contributed by atoms with Crippen molar-refractivity contribution in [2.45, 2.75) is 63.9 Å². The zero-order chi connectivity index (χ0) is 11.2. The van der Waals surface area contributed by atoms with Crippen LogP contribution < -0.4 is 0 Å². The van der Waals surface area contributed by atoms with Gasteiger partial charge in [-0.15, -0.1) is 0 Å². The molecular weight excluding hydrogens is 200 g/mol. The standard InChI is InChI=1S/C14H22O2/c15-13(8-9-14-7-4-10-16-14)11-12-5-2-1-3-6-12/h5,14H,1-4,6-11H2. The second-order valence-electron chi connectivity index (χ2n) is 5.00. The molecule has 0 saturated carbocycles. The fourth-order valence-corrected chi connectivity index (χ4v) is 2.60. The average Bonchev–Trinajstić information content (AvgIpc) is 2.81. The first kappa shape index (κ1) is 11.8. The summed E-state index contributed by atoms with van der Waals surface area (Å²) in [6, 6.07) is 0. The molecule has 0 bridgehead atoms. The van der Waals surface area contributed by atoms with E-state index in [9.17, 15) is 4.79 Å². The van der Waals surface area contributed by atoms with Gasteiger partial charge in [0.2, 0.25) is 0 Å². The number of Topliss-reactive ketones (excluding diaryl/α,β-unsaturated/α-hetero) is 1. The van der Waals surface area contributed by atoms with Crippen LogP contribution in [-0.2, 0) is 9.53 Å². The van der Waals surface area contributed by atoms with Crippen molar-refractivity contribution >= 4 is 5.78 Å². The molecule has 16 heavy (non-hydrogen) atoms. The smallest absolute Gasteiger partial charge is 0.137 e. The summed E-state index contributed by atoms with van der Waals surface area (Å²) in [5.41, 5.74) is 1.38. The van der Waals surface area contributed by atoms with E-state index < -0.39 is 0 Å². The molecular formula is C14H22O2. The maximum absolute atomic E-state index is 11.8. The molecule has 0 aromatic carbocycles. The molecule has 0 radical (unpaired) electrons. The number of rotatable bonds is 5. The second kappa shape index (κ2) is 6.19. The van der Waals surface area contributed by atoms with Gasteiger partial charge in [-0.05, 0) is 44.9 Å². The topological polar surface area (TPSA) is 26.3 Å². The number of hydrogen-bond donors (Lipinski definition) is 0. The van der Waals surface area contributed by atoms with Crippen LogP contribution in [0.25, 0.3) is 0 Å². The third-order valence-corrected chi connectivity index (χ3v) is 3.58. The van der Waals surface area contributed by atoms with E-state index in [2.05, 4.69) is 6.08 Å². The molecule has 0 N–H and O–H groups in total. The van der Waals surface area contributed by atoms with Gasteiger partial charge in [0.15, 0.2) is 0 Å². The molecule has 0 amide bonds. The third-order valence-electron chi connectivity index (χ3n) is 3.58. The Bertz CT molecular complexity index is 262. The zero-order valence-corrected chi connectivity index (χ0v) is 10.0. The highest BCUT2D eigenvalue weighted by atomic mass is 16.5. The van der Waals surface area contributed by atoms with Crippen molar-refractivity contribution in [1.82, 2.24) is 0 Å². The van der Waals surface area contributed by atoms with Crippen molar-refractivity contribution in [3.05, 3.63) is 11.6 Å². The van der Waals surface area contributed by atoms with Gasteiger partial charge in [0.1, 0.15) is 5.78 Å². The number of ketones is 1. The fourth-order valence-electron chi connectivity index (χ4n) is 2.60. The Morgan fingerprint density at radius 1 is 1.38 bits per heavy atom. The molecule has 2 rings (SSSR count). The van der Waals surface area contributed by atoms with E-state index in [-0.39, 0.29) is 0 Å². The molecule has 0 aromatic rings. The first-order chi connectivity index (χ1) is 7.84. The zero-order valence-electron chi connectivity index (χ0n) is 10.0. The van der Waals surface area contributed by atoms with Gasteiger partial charge in [-0.2, -0.15) is 0 Å². The van der Waals surface area contributed by atoms with Gasteiger partial charge < -0.3 is 4.74 Å². The molecule has 2 heteroatoms. The summed E-state index contributed by atoms with van der Waals surface area (Å²) in [7, 11) is 0. The maximum atomic E-state index is 11.8. The Morgan fingerprint density at radius 2 is 2.31 bits per heavy atom. The summed E-state index contributed by atoms with van der Waals surface area (Å²) in [6.45, 7) is 0.893. The number of carbonyl (C=O) groups excluding carboxylic acids is 1. The lowest BCUT2D eigenvalue weighted by Gasteiger charge is -2.12. The van der Waals surface area contributed by atoms with E-state index in [4.69, 9.17) is 4.74 Å². The molecule has 1 unspecified atom stereocenters. The summed E-state index contributed by atoms with van der Waals surface area (Å²) in [5.74, 6) is 0.406. The van der Waals surface area contributed by atoms with Crippen LogP contribution in [0, 0.1) is 0 Å². The highest BCUT2D eigenvalue weighted by molar-refractivity contribution is 5.80. The minimum Gasteiger partial charge on any atom is -0.378 e. The SMILES string of the molecule is O=C(CCC1CCCO1)CC1=CCCCC1. The van der Waals surface area contributed by atoms with Crippen molar-refractivity contribution in [3.8, 4) is 0 Å². The summed E-state index contributed by atoms with van der Waals surface area (Å²) in [4.78, 5) is 11.8. The maximum Gasteiger partial charge on any atom is 0.137 e. The van der Waals surface area contributed by atoms with Crippen LogP contribution in [0.3, 0.4) is 0 Å². The van der Waals surface area contributed by atoms with Gasteiger partial charge in [0, 0.05) is 19.4 Å². The molecule has 1 heterocycles. The first-order valence-corrected chi connectivity index (χ1v) is 6.66. The lowest BCUT2D eigenvalue weighted by Crippen LogP contribution is -2.09. The minimum atomic E-state index is 0.365. The number of allylic oxidation sites excluding steroid dienone is 2. The van der Waals surface area contributed by atoms with Crippen LogP contribution >= 0.6 is 0 Å². The minimum absolute atomic E-state index is 0.365. The summed E-state index contributed by atoms with van der Waals surface area (Å²) in [6.07, 6.45) is 12.2. The third kappa shape index (κ3) is 3.75. The molecule has 90 valence electrons. The summed E-state index contributed by atoms with van der Waals surface area (Å²) >= 11 is 0. The van der Waals surface area contributed by atoms with Crippen LogP contribution in [0.5, 0.6) is 0 Å². The Balaban J connectivity index is 1.65. The van der Waals surface area contributed by atoms with E-state index in [1.54, 1.807) is 0 Å². The number of ether oxygens (including phenoxy) is 1. The van der Waals surface area contributed by atoms with Crippen LogP contribution in [0.4, 0.5) is 0 Å². The fraction of sp³-hybridized carbons (Fsp3) is 0.786. The van der Waals surface area contributed by atoms with Gasteiger partial charge in [-0.25, -0.2) is 0 Å². The predicted molar refractivity (Wildman–Crippen MR) is 64.4 cm³/mol. The molecule has 0 spiro atoms. The Morgan fingerprint density at radius 3 is 3.00 bits per heavy atom. The number of hydrogen-bond acceptors (Lipinski definition) is 2. The highest BCUT2D eigenvalue weighted by Gasteiger charge is 2.17. The van der Waals surface area contributed by atoms with Crippen LogP contribution in [0.1, 0.15) is 57.8 Å². The van der Waals surface area contributed by atoms with E-state index >= 15 is 0 Å². The lowest BCUT2D eigenvalue weighted by molar-refractivity contribution is -0.119. The summed E-state index contributed by atoms with van der Waals surface area (Å²) < 4.78 is 5.53. The van der Waals surface area contributed by atoms with Crippen LogP contribution in [-0.4, -0.2) is 18.5 Å². The molecule has 1 atom stereocenters. The van der Waals surface area contributed by atoms with Gasteiger partial charge in [0.25, 0.3) is 0 Å². The van der Waals surface area contributed by atoms with E-state index in [1.165, 1.54) is 31.3 Å². The summed E-state index contributed by atoms with van der Waals surface area (Å²) in [5, 5.41) is 0. The normalized spacial score (nSPS) is 25.5. The Hall–Kier alpha value is -0.630. The predicted octanol–water partition coefficient (Wildman–Crippen LogP) is 3.41. The largest absolute Gasteiger partial charge is 0.378 e. The molecule has 1 aliphatic heterocycles. The van der Waals surface area contributed by atoms with Crippen LogP contribution in [0.2, 0.25) is 0 Å². The van der Waals surface area contributed by atoms with Gasteiger partial charge in [0.05, 0.1) is 6.10 Å². The quantitative estimate of drug-likeness (QED) is 0.666. The van der Waals surface area contributed by atoms with Crippen molar-refractivity contribution in [2.24, 2.45) is 0 Å². The first-order valence-electron chi connectivity index (χ1n) is 6.66. The molecule has 1 saturated heterocycles. The van der Waals surface area contributed by atoms with Crippen molar-refractivity contribution < 1.29 is 9.53 Å². The highest BCUT2D eigenvalue weighted by Crippen LogP contribution is 2.22. The Kier molecular flexibility index (Phi) is 4.58. The number of carbonyl (C=O) groups is 1. The van der Waals surface area contributed by atoms with Crippen molar-refractivity contribution in [1.29, 1.82) is 0 Å². The van der Waals surface area contributed by atoms with Gasteiger partial charge in [-0.1, -0.05) is 11.6 Å². The Labute approximate surface area is 98.1 Å².